The molecule has 3 heterocycles. The van der Waals surface area contributed by atoms with Crippen molar-refractivity contribution in [3.8, 4) is 11.8 Å². The third-order valence-electron chi connectivity index (χ3n) is 5.45. The molecule has 0 saturated carbocycles. The van der Waals surface area contributed by atoms with Crippen molar-refractivity contribution in [2.24, 2.45) is 0 Å². The molecule has 0 bridgehead atoms. The van der Waals surface area contributed by atoms with Crippen LogP contribution in [0.15, 0.2) is 54.7 Å². The Labute approximate surface area is 202 Å². The lowest BCUT2D eigenvalue weighted by Crippen LogP contribution is -2.36. The number of aromatic nitrogens is 1. The number of carbonyl (C=O) groups is 2. The van der Waals surface area contributed by atoms with E-state index >= 15 is 0 Å². The highest BCUT2D eigenvalue weighted by Gasteiger charge is 2.27. The highest BCUT2D eigenvalue weighted by atomic mass is 32.1. The molecular weight excluding hydrogens is 448 g/mol. The molecule has 0 atom stereocenters. The number of hydrogen-bond acceptors (Lipinski definition) is 6. The molecule has 1 aliphatic heterocycles. The Morgan fingerprint density at radius 3 is 2.85 bits per heavy atom. The molecule has 0 saturated heterocycles. The van der Waals surface area contributed by atoms with Gasteiger partial charge in [-0.05, 0) is 43.2 Å². The summed E-state index contributed by atoms with van der Waals surface area (Å²) in [6.45, 7) is 3.40. The van der Waals surface area contributed by atoms with Gasteiger partial charge < -0.3 is 15.0 Å². The first kappa shape index (κ1) is 23.2. The molecule has 1 aliphatic rings. The molecule has 1 aromatic carbocycles. The zero-order valence-electron chi connectivity index (χ0n) is 18.8. The second-order valence-corrected chi connectivity index (χ2v) is 8.78. The van der Waals surface area contributed by atoms with Crippen LogP contribution in [0, 0.1) is 11.3 Å². The Morgan fingerprint density at radius 1 is 1.26 bits per heavy atom. The number of para-hydroxylation sites is 1. The van der Waals surface area contributed by atoms with Gasteiger partial charge >= 0.3 is 0 Å². The fraction of sp³-hybridized carbons (Fsp3) is 0.231. The van der Waals surface area contributed by atoms with Gasteiger partial charge in [0.25, 0.3) is 0 Å². The standard InChI is InChI=1S/C26H24N4O3S/c1-2-33-22-9-4-3-7-18(22)10-11-24(31)29-26-21(16-27)20-12-14-30(17-23(20)34-26)25(32)15-19-8-5-6-13-28-19/h3-11,13H,2,12,14-15,17H2,1H3,(H,29,31). The van der Waals surface area contributed by atoms with Gasteiger partial charge in [0, 0.05) is 35.0 Å². The van der Waals surface area contributed by atoms with Gasteiger partial charge in [0.05, 0.1) is 25.1 Å². The van der Waals surface area contributed by atoms with E-state index in [0.29, 0.717) is 42.4 Å². The number of anilines is 1. The van der Waals surface area contributed by atoms with E-state index in [-0.39, 0.29) is 18.2 Å². The summed E-state index contributed by atoms with van der Waals surface area (Å²) in [7, 11) is 0. The second-order valence-electron chi connectivity index (χ2n) is 7.68. The highest BCUT2D eigenvalue weighted by Crippen LogP contribution is 2.36. The Bertz CT molecular complexity index is 1260. The number of nitrogens with one attached hydrogen (secondary N) is 1. The maximum absolute atomic E-state index is 12.7. The molecule has 34 heavy (non-hydrogen) atoms. The highest BCUT2D eigenvalue weighted by molar-refractivity contribution is 7.16. The van der Waals surface area contributed by atoms with E-state index in [2.05, 4.69) is 16.4 Å². The van der Waals surface area contributed by atoms with E-state index in [9.17, 15) is 14.9 Å². The largest absolute Gasteiger partial charge is 0.493 e. The summed E-state index contributed by atoms with van der Waals surface area (Å²) in [6, 6.07) is 15.2. The molecule has 0 fully saturated rings. The summed E-state index contributed by atoms with van der Waals surface area (Å²) in [5.74, 6) is 0.371. The van der Waals surface area contributed by atoms with Gasteiger partial charge in [0.15, 0.2) is 0 Å². The van der Waals surface area contributed by atoms with Crippen molar-refractivity contribution in [3.63, 3.8) is 0 Å². The Hall–Kier alpha value is -3.96. The molecule has 1 N–H and O–H groups in total. The molecule has 7 nitrogen and oxygen atoms in total. The van der Waals surface area contributed by atoms with Crippen LogP contribution in [0.5, 0.6) is 5.75 Å². The normalized spacial score (nSPS) is 12.8. The third-order valence-corrected chi connectivity index (χ3v) is 6.58. The Kier molecular flexibility index (Phi) is 7.35. The molecule has 4 rings (SSSR count). The van der Waals surface area contributed by atoms with Crippen LogP contribution < -0.4 is 10.1 Å². The fourth-order valence-electron chi connectivity index (χ4n) is 3.82. The van der Waals surface area contributed by atoms with Crippen molar-refractivity contribution in [1.29, 1.82) is 5.26 Å². The van der Waals surface area contributed by atoms with Gasteiger partial charge in [-0.25, -0.2) is 0 Å². The molecule has 8 heteroatoms. The summed E-state index contributed by atoms with van der Waals surface area (Å²) < 4.78 is 5.59. The Morgan fingerprint density at radius 2 is 2.09 bits per heavy atom. The van der Waals surface area contributed by atoms with Gasteiger partial charge in [-0.15, -0.1) is 11.3 Å². The molecule has 0 unspecified atom stereocenters. The topological polar surface area (TPSA) is 95.3 Å². The summed E-state index contributed by atoms with van der Waals surface area (Å²) in [5, 5.41) is 13.1. The average Bonchev–Trinajstić information content (AvgIpc) is 3.20. The number of ether oxygens (including phenoxy) is 1. The number of hydrogen-bond donors (Lipinski definition) is 1. The predicted molar refractivity (Wildman–Crippen MR) is 131 cm³/mol. The quantitative estimate of drug-likeness (QED) is 0.520. The van der Waals surface area contributed by atoms with Crippen molar-refractivity contribution in [1.82, 2.24) is 9.88 Å². The lowest BCUT2D eigenvalue weighted by atomic mass is 10.0. The van der Waals surface area contributed by atoms with Crippen LogP contribution in [-0.4, -0.2) is 34.8 Å². The lowest BCUT2D eigenvalue weighted by Gasteiger charge is -2.27. The molecule has 0 radical (unpaired) electrons. The minimum absolute atomic E-state index is 0.00209. The maximum atomic E-state index is 12.7. The van der Waals surface area contributed by atoms with Crippen LogP contribution in [0.3, 0.4) is 0 Å². The average molecular weight is 473 g/mol. The van der Waals surface area contributed by atoms with E-state index in [1.165, 1.54) is 17.4 Å². The van der Waals surface area contributed by atoms with Gasteiger partial charge in [-0.1, -0.05) is 24.3 Å². The first-order chi connectivity index (χ1) is 16.6. The fourth-order valence-corrected chi connectivity index (χ4v) is 5.03. The van der Waals surface area contributed by atoms with Gasteiger partial charge in [0.1, 0.15) is 16.8 Å². The smallest absolute Gasteiger partial charge is 0.249 e. The molecule has 0 aliphatic carbocycles. The minimum Gasteiger partial charge on any atom is -0.493 e. The third kappa shape index (κ3) is 5.33. The van der Waals surface area contributed by atoms with Crippen molar-refractivity contribution in [3.05, 3.63) is 82.0 Å². The number of carbonyl (C=O) groups excluding carboxylic acids is 2. The summed E-state index contributed by atoms with van der Waals surface area (Å²) in [6.07, 6.45) is 5.62. The van der Waals surface area contributed by atoms with E-state index in [0.717, 1.165) is 21.7 Å². The van der Waals surface area contributed by atoms with Gasteiger partial charge in [-0.3, -0.25) is 14.6 Å². The molecule has 0 spiro atoms. The number of amides is 2. The molecule has 3 aromatic rings. The van der Waals surface area contributed by atoms with Crippen LogP contribution >= 0.6 is 11.3 Å². The molecule has 172 valence electrons. The van der Waals surface area contributed by atoms with Crippen LogP contribution in [-0.2, 0) is 29.0 Å². The molecule has 2 aromatic heterocycles. The maximum Gasteiger partial charge on any atom is 0.249 e. The molecular formula is C26H24N4O3S. The van der Waals surface area contributed by atoms with E-state index in [1.54, 1.807) is 17.2 Å². The van der Waals surface area contributed by atoms with Crippen LogP contribution in [0.25, 0.3) is 6.08 Å². The monoisotopic (exact) mass is 472 g/mol. The summed E-state index contributed by atoms with van der Waals surface area (Å²) in [4.78, 5) is 32.3. The van der Waals surface area contributed by atoms with Crippen molar-refractivity contribution < 1.29 is 14.3 Å². The van der Waals surface area contributed by atoms with E-state index in [1.807, 2.05) is 49.4 Å². The SMILES string of the molecule is CCOc1ccccc1C=CC(=O)Nc1sc2c(c1C#N)CCN(C(=O)Cc1ccccn1)C2. The Balaban J connectivity index is 1.45. The number of benzene rings is 1. The first-order valence-electron chi connectivity index (χ1n) is 11.0. The minimum atomic E-state index is -0.329. The van der Waals surface area contributed by atoms with Crippen LogP contribution in [0.1, 0.15) is 34.2 Å². The van der Waals surface area contributed by atoms with Gasteiger partial charge in [-0.2, -0.15) is 5.26 Å². The number of nitriles is 1. The van der Waals surface area contributed by atoms with Gasteiger partial charge in [0.2, 0.25) is 11.8 Å². The number of thiophene rings is 1. The van der Waals surface area contributed by atoms with Crippen molar-refractivity contribution in [2.45, 2.75) is 26.3 Å². The summed E-state index contributed by atoms with van der Waals surface area (Å²) >= 11 is 1.35. The number of rotatable bonds is 7. The lowest BCUT2D eigenvalue weighted by molar-refractivity contribution is -0.131. The number of pyridine rings is 1. The van der Waals surface area contributed by atoms with E-state index in [4.69, 9.17) is 4.74 Å². The number of fused-ring (bicyclic) bond motifs is 1. The molecule has 2 amide bonds. The zero-order chi connectivity index (χ0) is 23.9. The second kappa shape index (κ2) is 10.8. The number of nitrogens with zero attached hydrogens (tertiary/aromatic N) is 3. The predicted octanol–water partition coefficient (Wildman–Crippen LogP) is 4.19. The summed E-state index contributed by atoms with van der Waals surface area (Å²) in [5.41, 5.74) is 2.92. The van der Waals surface area contributed by atoms with Crippen molar-refractivity contribution >= 4 is 34.2 Å². The van der Waals surface area contributed by atoms with Crippen molar-refractivity contribution in [2.75, 3.05) is 18.5 Å². The van der Waals surface area contributed by atoms with Crippen LogP contribution in [0.2, 0.25) is 0 Å². The zero-order valence-corrected chi connectivity index (χ0v) is 19.6. The van der Waals surface area contributed by atoms with E-state index < -0.39 is 0 Å². The van der Waals surface area contributed by atoms with Crippen LogP contribution in [0.4, 0.5) is 5.00 Å². The first-order valence-corrected chi connectivity index (χ1v) is 11.8.